The summed E-state index contributed by atoms with van der Waals surface area (Å²) >= 11 is 0. The fourth-order valence-electron chi connectivity index (χ4n) is 4.65. The van der Waals surface area contributed by atoms with Gasteiger partial charge in [-0.25, -0.2) is 9.59 Å². The van der Waals surface area contributed by atoms with Gasteiger partial charge in [0.15, 0.2) is 5.78 Å². The van der Waals surface area contributed by atoms with Gasteiger partial charge in [-0.1, -0.05) is 32.8 Å². The Morgan fingerprint density at radius 2 is 1.51 bits per heavy atom. The molecule has 7 heteroatoms. The quantitative estimate of drug-likeness (QED) is 0.376. The zero-order valence-corrected chi connectivity index (χ0v) is 22.0. The summed E-state index contributed by atoms with van der Waals surface area (Å²) < 4.78 is 15.3. The van der Waals surface area contributed by atoms with Gasteiger partial charge in [0.05, 0.1) is 26.4 Å². The van der Waals surface area contributed by atoms with Crippen LogP contribution in [0, 0.1) is 11.8 Å². The highest BCUT2D eigenvalue weighted by molar-refractivity contribution is 6.01. The normalized spacial score (nSPS) is 25.0. The number of carbonyl (C=O) groups excluding carboxylic acids is 3. The number of esters is 2. The molecule has 0 bridgehead atoms. The number of nitrogens with zero attached hydrogens (tertiary/aromatic N) is 1. The Morgan fingerprint density at radius 1 is 0.943 bits per heavy atom. The van der Waals surface area contributed by atoms with Crippen molar-refractivity contribution < 1.29 is 28.6 Å². The molecule has 1 heterocycles. The summed E-state index contributed by atoms with van der Waals surface area (Å²) in [5.74, 6) is 0.674. The molecule has 1 saturated heterocycles. The molecule has 0 aromatic heterocycles. The molecule has 1 saturated carbocycles. The molecule has 0 radical (unpaired) electrons. The Balaban J connectivity index is 0.000000258. The lowest BCUT2D eigenvalue weighted by Crippen LogP contribution is -2.37. The van der Waals surface area contributed by atoms with Crippen LogP contribution in [0.2, 0.25) is 0 Å². The van der Waals surface area contributed by atoms with Crippen LogP contribution < -0.4 is 0 Å². The largest absolute Gasteiger partial charge is 0.463 e. The summed E-state index contributed by atoms with van der Waals surface area (Å²) in [4.78, 5) is 36.8. The van der Waals surface area contributed by atoms with Gasteiger partial charge >= 0.3 is 11.9 Å². The maximum atomic E-state index is 11.8. The van der Waals surface area contributed by atoms with Gasteiger partial charge in [-0.2, -0.15) is 0 Å². The second-order valence-electron chi connectivity index (χ2n) is 9.19. The van der Waals surface area contributed by atoms with Crippen LogP contribution in [-0.4, -0.2) is 62.1 Å². The summed E-state index contributed by atoms with van der Waals surface area (Å²) in [7, 11) is 0. The number of allylic oxidation sites excluding steroid dienone is 3. The van der Waals surface area contributed by atoms with Gasteiger partial charge in [-0.15, -0.1) is 0 Å². The van der Waals surface area contributed by atoms with E-state index in [4.69, 9.17) is 14.2 Å². The molecule has 0 N–H and O–H groups in total. The van der Waals surface area contributed by atoms with Crippen LogP contribution in [0.25, 0.3) is 0 Å². The lowest BCUT2D eigenvalue weighted by molar-refractivity contribution is -0.138. The highest BCUT2D eigenvalue weighted by atomic mass is 16.5. The molecule has 35 heavy (non-hydrogen) atoms. The van der Waals surface area contributed by atoms with E-state index in [0.29, 0.717) is 37.0 Å². The first-order chi connectivity index (χ1) is 16.9. The SMILES string of the molecule is CCOC(=O)C=C1CC(CC)CC=C1N1CCOCC1.CCOC(=O)C=C1CC(CC)CCC1=O. The molecule has 3 aliphatic rings. The summed E-state index contributed by atoms with van der Waals surface area (Å²) in [6.45, 7) is 12.0. The van der Waals surface area contributed by atoms with E-state index in [1.807, 2.05) is 6.92 Å². The predicted octanol–water partition coefficient (Wildman–Crippen LogP) is 4.77. The number of hydrogen-bond donors (Lipinski definition) is 0. The van der Waals surface area contributed by atoms with Crippen molar-refractivity contribution in [3.05, 3.63) is 35.1 Å². The van der Waals surface area contributed by atoms with Crippen LogP contribution in [0.1, 0.15) is 72.6 Å². The first-order valence-corrected chi connectivity index (χ1v) is 13.2. The topological polar surface area (TPSA) is 82.1 Å². The molecule has 0 spiro atoms. The maximum absolute atomic E-state index is 11.8. The molecular weight excluding hydrogens is 446 g/mol. The zero-order chi connectivity index (χ0) is 25.6. The van der Waals surface area contributed by atoms with Gasteiger partial charge < -0.3 is 19.1 Å². The number of hydrogen-bond acceptors (Lipinski definition) is 7. The Morgan fingerprint density at radius 3 is 2.09 bits per heavy atom. The zero-order valence-electron chi connectivity index (χ0n) is 22.0. The molecule has 2 aliphatic carbocycles. The van der Waals surface area contributed by atoms with Crippen LogP contribution in [0.4, 0.5) is 0 Å². The maximum Gasteiger partial charge on any atom is 0.331 e. The minimum Gasteiger partial charge on any atom is -0.463 e. The lowest BCUT2D eigenvalue weighted by Gasteiger charge is -2.35. The number of carbonyl (C=O) groups is 3. The predicted molar refractivity (Wildman–Crippen MR) is 136 cm³/mol. The number of ketones is 1. The molecule has 2 fully saturated rings. The Hall–Kier alpha value is -2.41. The summed E-state index contributed by atoms with van der Waals surface area (Å²) in [6.07, 6.45) is 11.9. The second kappa shape index (κ2) is 15.6. The van der Waals surface area contributed by atoms with Gasteiger partial charge in [0.25, 0.3) is 0 Å². The van der Waals surface area contributed by atoms with Crippen LogP contribution in [0.15, 0.2) is 35.1 Å². The van der Waals surface area contributed by atoms with Gasteiger partial charge in [0.2, 0.25) is 0 Å². The molecule has 0 aromatic rings. The van der Waals surface area contributed by atoms with Crippen molar-refractivity contribution in [3.63, 3.8) is 0 Å². The van der Waals surface area contributed by atoms with E-state index in [0.717, 1.165) is 70.4 Å². The van der Waals surface area contributed by atoms with E-state index in [1.165, 1.54) is 11.8 Å². The molecule has 196 valence electrons. The molecule has 3 rings (SSSR count). The number of Topliss-reactive ketones (excluding diaryl/α,β-unsaturated/α-hetero) is 1. The summed E-state index contributed by atoms with van der Waals surface area (Å²) in [5, 5.41) is 0. The van der Waals surface area contributed by atoms with Crippen LogP contribution in [0.5, 0.6) is 0 Å². The lowest BCUT2D eigenvalue weighted by atomic mass is 9.83. The van der Waals surface area contributed by atoms with E-state index < -0.39 is 5.97 Å². The highest BCUT2D eigenvalue weighted by Gasteiger charge is 2.24. The van der Waals surface area contributed by atoms with Crippen molar-refractivity contribution in [2.24, 2.45) is 11.8 Å². The van der Waals surface area contributed by atoms with Crippen LogP contribution in [0.3, 0.4) is 0 Å². The second-order valence-corrected chi connectivity index (χ2v) is 9.19. The van der Waals surface area contributed by atoms with Crippen molar-refractivity contribution >= 4 is 17.7 Å². The first kappa shape index (κ1) is 28.8. The average molecular weight is 490 g/mol. The molecule has 2 unspecified atom stereocenters. The van der Waals surface area contributed by atoms with E-state index >= 15 is 0 Å². The fraction of sp³-hybridized carbons (Fsp3) is 0.679. The van der Waals surface area contributed by atoms with Crippen LogP contribution >= 0.6 is 0 Å². The average Bonchev–Trinajstić information content (AvgIpc) is 2.86. The van der Waals surface area contributed by atoms with Crippen LogP contribution in [-0.2, 0) is 28.6 Å². The smallest absolute Gasteiger partial charge is 0.331 e. The number of rotatable bonds is 7. The van der Waals surface area contributed by atoms with Crippen molar-refractivity contribution in [2.75, 3.05) is 39.5 Å². The third-order valence-corrected chi connectivity index (χ3v) is 6.79. The Bertz CT molecular complexity index is 806. The Labute approximate surface area is 210 Å². The van der Waals surface area contributed by atoms with E-state index in [1.54, 1.807) is 13.0 Å². The van der Waals surface area contributed by atoms with Gasteiger partial charge in [-0.3, -0.25) is 4.79 Å². The standard InChI is InChI=1S/C16H25NO3.C12H18O3/c1-3-13-5-6-15(17-7-9-19-10-8-17)14(11-13)12-16(18)20-4-2;1-3-9-5-6-11(13)10(7-9)8-12(14)15-4-2/h6,12-13H,3-5,7-11H2,1-2H3;8-9H,3-7H2,1-2H3. The summed E-state index contributed by atoms with van der Waals surface area (Å²) in [6, 6.07) is 0. The van der Waals surface area contributed by atoms with Gasteiger partial charge in [0, 0.05) is 42.9 Å². The fourth-order valence-corrected chi connectivity index (χ4v) is 4.65. The van der Waals surface area contributed by atoms with Gasteiger partial charge in [0.1, 0.15) is 0 Å². The van der Waals surface area contributed by atoms with E-state index in [2.05, 4.69) is 24.8 Å². The third-order valence-electron chi connectivity index (χ3n) is 6.79. The third kappa shape index (κ3) is 9.63. The van der Waals surface area contributed by atoms with E-state index in [9.17, 15) is 14.4 Å². The van der Waals surface area contributed by atoms with Gasteiger partial charge in [-0.05, 0) is 56.9 Å². The molecule has 0 amide bonds. The molecule has 2 atom stereocenters. The van der Waals surface area contributed by atoms with E-state index in [-0.39, 0.29) is 11.8 Å². The Kier molecular flexibility index (Phi) is 12.8. The first-order valence-electron chi connectivity index (χ1n) is 13.2. The summed E-state index contributed by atoms with van der Waals surface area (Å²) in [5.41, 5.74) is 2.99. The molecule has 1 aliphatic heterocycles. The highest BCUT2D eigenvalue weighted by Crippen LogP contribution is 2.33. The van der Waals surface area contributed by atoms with Crippen molar-refractivity contribution in [2.45, 2.75) is 72.6 Å². The molecular formula is C28H43NO6. The molecule has 0 aromatic carbocycles. The minimum atomic E-state index is -0.391. The monoisotopic (exact) mass is 489 g/mol. The van der Waals surface area contributed by atoms with Crippen molar-refractivity contribution in [3.8, 4) is 0 Å². The minimum absolute atomic E-state index is 0.104. The van der Waals surface area contributed by atoms with Crippen molar-refractivity contribution in [1.82, 2.24) is 4.90 Å². The number of ether oxygens (including phenoxy) is 3. The molecule has 7 nitrogen and oxygen atoms in total. The number of morpholine rings is 1. The van der Waals surface area contributed by atoms with Crippen molar-refractivity contribution in [1.29, 1.82) is 0 Å².